The summed E-state index contributed by atoms with van der Waals surface area (Å²) in [5, 5.41) is 3.44. The Hall–Kier alpha value is -2.87. The van der Waals surface area contributed by atoms with Crippen molar-refractivity contribution in [2.45, 2.75) is 25.3 Å². The highest BCUT2D eigenvalue weighted by Crippen LogP contribution is 2.49. The lowest BCUT2D eigenvalue weighted by Crippen LogP contribution is -2.24. The van der Waals surface area contributed by atoms with Crippen molar-refractivity contribution in [3.05, 3.63) is 89.0 Å². The van der Waals surface area contributed by atoms with E-state index in [0.717, 1.165) is 5.69 Å². The van der Waals surface area contributed by atoms with Crippen LogP contribution < -0.4 is 5.32 Å². The molecule has 0 fully saturated rings. The third-order valence-corrected chi connectivity index (χ3v) is 5.63. The maximum atomic E-state index is 4.47. The van der Waals surface area contributed by atoms with Crippen molar-refractivity contribution < 1.29 is 0 Å². The average molecular weight is 324 g/mol. The zero-order valence-corrected chi connectivity index (χ0v) is 14.5. The van der Waals surface area contributed by atoms with Crippen molar-refractivity contribution in [2.24, 2.45) is 4.99 Å². The lowest BCUT2D eigenvalue weighted by Gasteiger charge is -2.26. The van der Waals surface area contributed by atoms with Gasteiger partial charge in [0.2, 0.25) is 0 Å². The molecule has 2 heteroatoms. The van der Waals surface area contributed by atoms with Gasteiger partial charge in [0.1, 0.15) is 0 Å². The minimum absolute atomic E-state index is 0.0320. The fraction of sp³-hybridized carbons (Fsp3) is 0.174. The third-order valence-electron chi connectivity index (χ3n) is 5.63. The van der Waals surface area contributed by atoms with Crippen LogP contribution in [0.25, 0.3) is 11.1 Å². The number of hydrogen-bond donors (Lipinski definition) is 1. The molecule has 1 aliphatic carbocycles. The number of aliphatic imine (C=N–C) groups is 1. The molecule has 0 amide bonds. The quantitative estimate of drug-likeness (QED) is 0.641. The van der Waals surface area contributed by atoms with Gasteiger partial charge >= 0.3 is 0 Å². The zero-order valence-electron chi connectivity index (χ0n) is 14.5. The normalized spacial score (nSPS) is 18.9. The monoisotopic (exact) mass is 324 g/mol. The number of fused-ring (bicyclic) bond motifs is 4. The molecule has 2 nitrogen and oxygen atoms in total. The Labute approximate surface area is 148 Å². The van der Waals surface area contributed by atoms with Crippen molar-refractivity contribution in [3.63, 3.8) is 0 Å². The first-order valence-electron chi connectivity index (χ1n) is 8.78. The summed E-state index contributed by atoms with van der Waals surface area (Å²) < 4.78 is 0. The first-order valence-corrected chi connectivity index (χ1v) is 8.78. The Balaban J connectivity index is 1.66. The molecular formula is C23H20N2. The van der Waals surface area contributed by atoms with Crippen molar-refractivity contribution >= 4 is 12.0 Å². The summed E-state index contributed by atoms with van der Waals surface area (Å²) in [7, 11) is 0. The summed E-state index contributed by atoms with van der Waals surface area (Å²) in [5.41, 5.74) is 9.17. The summed E-state index contributed by atoms with van der Waals surface area (Å²) in [4.78, 5) is 4.47. The second-order valence-corrected chi connectivity index (χ2v) is 7.39. The molecule has 2 aliphatic rings. The molecule has 1 unspecified atom stereocenters. The van der Waals surface area contributed by atoms with E-state index in [9.17, 15) is 0 Å². The highest BCUT2D eigenvalue weighted by Gasteiger charge is 2.35. The molecule has 5 rings (SSSR count). The van der Waals surface area contributed by atoms with Gasteiger partial charge in [0.15, 0.2) is 0 Å². The first kappa shape index (κ1) is 14.5. The van der Waals surface area contributed by atoms with E-state index >= 15 is 0 Å². The van der Waals surface area contributed by atoms with E-state index in [-0.39, 0.29) is 11.5 Å². The van der Waals surface area contributed by atoms with Crippen LogP contribution in [0.15, 0.2) is 71.7 Å². The van der Waals surface area contributed by atoms with Crippen LogP contribution in [-0.2, 0) is 5.41 Å². The standard InChI is InChI=1S/C23H20N2/c1-23(2)19-9-5-3-7-16(19)17-12-11-15(13-20(17)23)22-18-8-4-6-10-21(18)24-14-25-22/h3-14,22H,1-2H3,(H,24,25). The molecule has 1 N–H and O–H groups in total. The fourth-order valence-corrected chi connectivity index (χ4v) is 4.30. The number of nitrogens with one attached hydrogen (secondary N) is 1. The van der Waals surface area contributed by atoms with Gasteiger partial charge in [-0.3, -0.25) is 0 Å². The maximum Gasteiger partial charge on any atom is 0.0893 e. The Morgan fingerprint density at radius 1 is 0.840 bits per heavy atom. The van der Waals surface area contributed by atoms with Crippen LogP contribution in [0.2, 0.25) is 0 Å². The molecule has 25 heavy (non-hydrogen) atoms. The van der Waals surface area contributed by atoms with Crippen molar-refractivity contribution in [1.82, 2.24) is 5.32 Å². The molecule has 3 aromatic rings. The molecule has 122 valence electrons. The molecule has 3 aromatic carbocycles. The molecule has 0 radical (unpaired) electrons. The van der Waals surface area contributed by atoms with Gasteiger partial charge in [0, 0.05) is 11.0 Å². The summed E-state index contributed by atoms with van der Waals surface area (Å²) in [6.07, 6.45) is 1.82. The Bertz CT molecular complexity index is 1010. The van der Waals surface area contributed by atoms with Gasteiger partial charge in [0.25, 0.3) is 0 Å². The average Bonchev–Trinajstić information content (AvgIpc) is 2.89. The molecule has 0 spiro atoms. The minimum Gasteiger partial charge on any atom is -0.365 e. The van der Waals surface area contributed by atoms with Crippen molar-refractivity contribution in [1.29, 1.82) is 0 Å². The first-order chi connectivity index (χ1) is 12.2. The molecule has 0 bridgehead atoms. The van der Waals surface area contributed by atoms with E-state index in [1.54, 1.807) is 0 Å². The van der Waals surface area contributed by atoms with Gasteiger partial charge < -0.3 is 5.32 Å². The van der Waals surface area contributed by atoms with E-state index in [0.29, 0.717) is 0 Å². The SMILES string of the molecule is CC1(C)c2ccccc2-c2ccc(C3NC=Nc4ccccc43)cc21. The van der Waals surface area contributed by atoms with Crippen LogP contribution in [-0.4, -0.2) is 6.34 Å². The number of benzene rings is 3. The molecule has 1 aliphatic heterocycles. The number of rotatable bonds is 1. The smallest absolute Gasteiger partial charge is 0.0893 e. The second kappa shape index (κ2) is 5.06. The molecule has 1 atom stereocenters. The van der Waals surface area contributed by atoms with Crippen LogP contribution in [0.5, 0.6) is 0 Å². The van der Waals surface area contributed by atoms with E-state index in [4.69, 9.17) is 0 Å². The summed E-state index contributed by atoms with van der Waals surface area (Å²) in [5.74, 6) is 0. The Morgan fingerprint density at radius 3 is 2.52 bits per heavy atom. The predicted octanol–water partition coefficient (Wildman–Crippen LogP) is 5.35. The van der Waals surface area contributed by atoms with Crippen LogP contribution in [0.1, 0.15) is 42.1 Å². The van der Waals surface area contributed by atoms with E-state index < -0.39 is 0 Å². The van der Waals surface area contributed by atoms with E-state index in [1.165, 1.54) is 33.4 Å². The third kappa shape index (κ3) is 2.00. The topological polar surface area (TPSA) is 24.4 Å². The molecular weight excluding hydrogens is 304 g/mol. The van der Waals surface area contributed by atoms with Gasteiger partial charge in [0.05, 0.1) is 18.1 Å². The highest BCUT2D eigenvalue weighted by molar-refractivity contribution is 5.81. The zero-order chi connectivity index (χ0) is 17.0. The van der Waals surface area contributed by atoms with Gasteiger partial charge in [-0.15, -0.1) is 0 Å². The van der Waals surface area contributed by atoms with Gasteiger partial charge in [-0.25, -0.2) is 4.99 Å². The Kier molecular flexibility index (Phi) is 2.93. The van der Waals surface area contributed by atoms with Gasteiger partial charge in [-0.05, 0) is 33.9 Å². The summed E-state index contributed by atoms with van der Waals surface area (Å²) >= 11 is 0. The number of para-hydroxylation sites is 1. The van der Waals surface area contributed by atoms with Crippen molar-refractivity contribution in [2.75, 3.05) is 0 Å². The Morgan fingerprint density at radius 2 is 1.60 bits per heavy atom. The highest BCUT2D eigenvalue weighted by atomic mass is 15.0. The second-order valence-electron chi connectivity index (χ2n) is 7.39. The minimum atomic E-state index is 0.0320. The fourth-order valence-electron chi connectivity index (χ4n) is 4.30. The van der Waals surface area contributed by atoms with E-state index in [1.807, 2.05) is 12.4 Å². The summed E-state index contributed by atoms with van der Waals surface area (Å²) in [6.45, 7) is 4.65. The molecule has 0 aromatic heterocycles. The molecule has 0 saturated heterocycles. The van der Waals surface area contributed by atoms with Crippen LogP contribution in [0.3, 0.4) is 0 Å². The van der Waals surface area contributed by atoms with Gasteiger partial charge in [-0.2, -0.15) is 0 Å². The van der Waals surface area contributed by atoms with Crippen molar-refractivity contribution in [3.8, 4) is 11.1 Å². The number of nitrogens with zero attached hydrogens (tertiary/aromatic N) is 1. The lowest BCUT2D eigenvalue weighted by molar-refractivity contribution is 0.656. The van der Waals surface area contributed by atoms with Crippen LogP contribution in [0, 0.1) is 0 Å². The molecule has 1 heterocycles. The summed E-state index contributed by atoms with van der Waals surface area (Å²) in [6, 6.07) is 24.2. The predicted molar refractivity (Wildman–Crippen MR) is 104 cm³/mol. The maximum absolute atomic E-state index is 4.47. The largest absolute Gasteiger partial charge is 0.365 e. The van der Waals surface area contributed by atoms with Gasteiger partial charge in [-0.1, -0.05) is 74.5 Å². The van der Waals surface area contributed by atoms with Crippen LogP contribution >= 0.6 is 0 Å². The number of hydrogen-bond acceptors (Lipinski definition) is 2. The lowest BCUT2D eigenvalue weighted by atomic mass is 9.81. The van der Waals surface area contributed by atoms with Crippen LogP contribution in [0.4, 0.5) is 5.69 Å². The molecule has 0 saturated carbocycles. The van der Waals surface area contributed by atoms with E-state index in [2.05, 4.69) is 84.8 Å².